The molecule has 4 nitrogen and oxygen atoms in total. The molecule has 2 N–H and O–H groups in total. The normalized spacial score (nSPS) is 25.7. The largest absolute Gasteiger partial charge is 0.344 e. The smallest absolute Gasteiger partial charge is 0.208 e. The molecule has 0 spiro atoms. The quantitative estimate of drug-likeness (QED) is 0.877. The first-order valence-corrected chi connectivity index (χ1v) is 6.84. The third-order valence-electron chi connectivity index (χ3n) is 3.28. The first kappa shape index (κ1) is 11.8. The van der Waals surface area contributed by atoms with Crippen molar-refractivity contribution in [2.24, 2.45) is 5.73 Å². The fourth-order valence-electron chi connectivity index (χ4n) is 2.37. The van der Waals surface area contributed by atoms with E-state index in [2.05, 4.69) is 22.0 Å². The summed E-state index contributed by atoms with van der Waals surface area (Å²) in [5.74, 6) is 0. The van der Waals surface area contributed by atoms with E-state index in [9.17, 15) is 0 Å². The zero-order valence-corrected chi connectivity index (χ0v) is 10.8. The van der Waals surface area contributed by atoms with Crippen LogP contribution < -0.4 is 10.6 Å². The van der Waals surface area contributed by atoms with Crippen molar-refractivity contribution >= 4 is 16.5 Å². The lowest BCUT2D eigenvalue weighted by Gasteiger charge is -2.34. The third kappa shape index (κ3) is 2.52. The third-order valence-corrected chi connectivity index (χ3v) is 4.16. The summed E-state index contributed by atoms with van der Waals surface area (Å²) < 4.78 is 0. The molecule has 2 rings (SSSR count). The minimum Gasteiger partial charge on any atom is -0.344 e. The summed E-state index contributed by atoms with van der Waals surface area (Å²) in [5, 5.41) is 10.5. The van der Waals surface area contributed by atoms with Gasteiger partial charge in [-0.05, 0) is 39.5 Å². The molecule has 0 bridgehead atoms. The number of aryl methyl sites for hydroxylation is 1. The molecule has 90 valence electrons. The van der Waals surface area contributed by atoms with E-state index >= 15 is 0 Å². The second-order valence-corrected chi connectivity index (χ2v) is 5.62. The van der Waals surface area contributed by atoms with Crippen molar-refractivity contribution < 1.29 is 0 Å². The monoisotopic (exact) mass is 240 g/mol. The second-order valence-electron chi connectivity index (χ2n) is 4.46. The van der Waals surface area contributed by atoms with Crippen LogP contribution >= 0.6 is 11.3 Å². The van der Waals surface area contributed by atoms with E-state index in [0.29, 0.717) is 12.1 Å². The molecule has 0 saturated heterocycles. The number of hydrogen-bond donors (Lipinski definition) is 1. The molecule has 0 radical (unpaired) electrons. The summed E-state index contributed by atoms with van der Waals surface area (Å²) in [5.41, 5.74) is 5.94. The van der Waals surface area contributed by atoms with Gasteiger partial charge in [-0.1, -0.05) is 11.3 Å². The summed E-state index contributed by atoms with van der Waals surface area (Å²) in [6, 6.07) is 1.02. The highest BCUT2D eigenvalue weighted by molar-refractivity contribution is 7.15. The summed E-state index contributed by atoms with van der Waals surface area (Å²) in [6.45, 7) is 5.20. The minimum absolute atomic E-state index is 0.408. The maximum atomic E-state index is 5.94. The molecule has 1 saturated carbocycles. The van der Waals surface area contributed by atoms with Crippen LogP contribution in [-0.4, -0.2) is 28.8 Å². The Morgan fingerprint density at radius 3 is 2.50 bits per heavy atom. The molecule has 16 heavy (non-hydrogen) atoms. The van der Waals surface area contributed by atoms with Gasteiger partial charge in [0.25, 0.3) is 0 Å². The van der Waals surface area contributed by atoms with Gasteiger partial charge in [-0.25, -0.2) is 0 Å². The highest BCUT2D eigenvalue weighted by Crippen LogP contribution is 2.28. The molecule has 0 unspecified atom stereocenters. The SMILES string of the molecule is CCN(c1nnc(C)s1)C1CCC(N)CC1. The maximum Gasteiger partial charge on any atom is 0.208 e. The van der Waals surface area contributed by atoms with Crippen molar-refractivity contribution in [2.75, 3.05) is 11.4 Å². The molecule has 1 aromatic heterocycles. The van der Waals surface area contributed by atoms with Crippen LogP contribution in [0.2, 0.25) is 0 Å². The molecule has 1 aromatic rings. The van der Waals surface area contributed by atoms with Crippen molar-refractivity contribution in [2.45, 2.75) is 51.6 Å². The predicted octanol–water partition coefficient (Wildman–Crippen LogP) is 1.94. The van der Waals surface area contributed by atoms with Crippen molar-refractivity contribution in [3.8, 4) is 0 Å². The first-order valence-electron chi connectivity index (χ1n) is 6.03. The number of anilines is 1. The summed E-state index contributed by atoms with van der Waals surface area (Å²) in [4.78, 5) is 2.39. The standard InChI is InChI=1S/C11H20N4S/c1-3-15(11-14-13-8(2)16-11)10-6-4-9(12)5-7-10/h9-10H,3-7,12H2,1-2H3. The van der Waals surface area contributed by atoms with Gasteiger partial charge in [0.15, 0.2) is 0 Å². The number of nitrogens with zero attached hydrogens (tertiary/aromatic N) is 3. The molecule has 1 heterocycles. The molecule has 1 fully saturated rings. The van der Waals surface area contributed by atoms with Crippen molar-refractivity contribution in [1.29, 1.82) is 0 Å². The molecule has 5 heteroatoms. The summed E-state index contributed by atoms with van der Waals surface area (Å²) in [7, 11) is 0. The van der Waals surface area contributed by atoms with Crippen LogP contribution in [0.4, 0.5) is 5.13 Å². The van der Waals surface area contributed by atoms with Crippen LogP contribution in [0.1, 0.15) is 37.6 Å². The lowest BCUT2D eigenvalue weighted by Crippen LogP contribution is -2.40. The van der Waals surface area contributed by atoms with Crippen LogP contribution in [-0.2, 0) is 0 Å². The Kier molecular flexibility index (Phi) is 3.76. The Hall–Kier alpha value is -0.680. The first-order chi connectivity index (χ1) is 7.70. The van der Waals surface area contributed by atoms with Gasteiger partial charge in [-0.2, -0.15) is 0 Å². The fourth-order valence-corrected chi connectivity index (χ4v) is 3.19. The average Bonchev–Trinajstić information content (AvgIpc) is 2.69. The van der Waals surface area contributed by atoms with Crippen molar-refractivity contribution in [1.82, 2.24) is 10.2 Å². The molecule has 0 amide bonds. The maximum absolute atomic E-state index is 5.94. The number of aromatic nitrogens is 2. The van der Waals surface area contributed by atoms with Gasteiger partial charge in [0.1, 0.15) is 5.01 Å². The van der Waals surface area contributed by atoms with E-state index in [4.69, 9.17) is 5.73 Å². The Morgan fingerprint density at radius 1 is 1.31 bits per heavy atom. The van der Waals surface area contributed by atoms with Gasteiger partial charge in [0.2, 0.25) is 5.13 Å². The topological polar surface area (TPSA) is 55.0 Å². The van der Waals surface area contributed by atoms with Crippen LogP contribution in [0.5, 0.6) is 0 Å². The second kappa shape index (κ2) is 5.10. The van der Waals surface area contributed by atoms with Gasteiger partial charge in [-0.15, -0.1) is 10.2 Å². The number of nitrogens with two attached hydrogens (primary N) is 1. The molecule has 1 aliphatic carbocycles. The average molecular weight is 240 g/mol. The molecular weight excluding hydrogens is 220 g/mol. The van der Waals surface area contributed by atoms with Gasteiger partial charge >= 0.3 is 0 Å². The lowest BCUT2D eigenvalue weighted by atomic mass is 9.91. The fraction of sp³-hybridized carbons (Fsp3) is 0.818. The molecular formula is C11H20N4S. The van der Waals surface area contributed by atoms with Gasteiger partial charge in [-0.3, -0.25) is 0 Å². The molecule has 1 aliphatic rings. The number of rotatable bonds is 3. The van der Waals surface area contributed by atoms with Crippen LogP contribution in [0.3, 0.4) is 0 Å². The van der Waals surface area contributed by atoms with Crippen molar-refractivity contribution in [3.63, 3.8) is 0 Å². The predicted molar refractivity (Wildman–Crippen MR) is 67.9 cm³/mol. The summed E-state index contributed by atoms with van der Waals surface area (Å²) >= 11 is 1.69. The lowest BCUT2D eigenvalue weighted by molar-refractivity contribution is 0.377. The molecule has 0 atom stereocenters. The van der Waals surface area contributed by atoms with E-state index in [-0.39, 0.29) is 0 Å². The van der Waals surface area contributed by atoms with Crippen LogP contribution in [0.25, 0.3) is 0 Å². The Bertz CT molecular complexity index is 330. The Labute approximate surface area is 101 Å². The Balaban J connectivity index is 2.05. The van der Waals surface area contributed by atoms with Crippen LogP contribution in [0, 0.1) is 6.92 Å². The minimum atomic E-state index is 0.408. The van der Waals surface area contributed by atoms with Crippen LogP contribution in [0.15, 0.2) is 0 Å². The van der Waals surface area contributed by atoms with Gasteiger partial charge < -0.3 is 10.6 Å². The zero-order valence-electron chi connectivity index (χ0n) is 10.0. The van der Waals surface area contributed by atoms with E-state index in [1.54, 1.807) is 11.3 Å². The van der Waals surface area contributed by atoms with E-state index in [1.807, 2.05) is 6.92 Å². The number of hydrogen-bond acceptors (Lipinski definition) is 5. The van der Waals surface area contributed by atoms with Gasteiger partial charge in [0, 0.05) is 18.6 Å². The highest BCUT2D eigenvalue weighted by Gasteiger charge is 2.25. The van der Waals surface area contributed by atoms with Gasteiger partial charge in [0.05, 0.1) is 0 Å². The highest BCUT2D eigenvalue weighted by atomic mass is 32.1. The van der Waals surface area contributed by atoms with E-state index in [1.165, 1.54) is 12.8 Å². The summed E-state index contributed by atoms with van der Waals surface area (Å²) in [6.07, 6.45) is 4.65. The zero-order chi connectivity index (χ0) is 11.5. The molecule has 0 aliphatic heterocycles. The molecule has 0 aromatic carbocycles. The Morgan fingerprint density at radius 2 is 2.00 bits per heavy atom. The van der Waals surface area contributed by atoms with E-state index < -0.39 is 0 Å². The van der Waals surface area contributed by atoms with E-state index in [0.717, 1.165) is 29.5 Å². The van der Waals surface area contributed by atoms with Crippen molar-refractivity contribution in [3.05, 3.63) is 5.01 Å².